The van der Waals surface area contributed by atoms with Gasteiger partial charge in [0.1, 0.15) is 0 Å². The normalized spacial score (nSPS) is 46.1. The number of hydrogen-bond donors (Lipinski definition) is 2. The molecule has 1 aromatic rings. The summed E-state index contributed by atoms with van der Waals surface area (Å²) in [5.41, 5.74) is 5.25. The monoisotopic (exact) mass is 365 g/mol. The topological polar surface area (TPSA) is 36.0 Å². The molecule has 2 fully saturated rings. The lowest BCUT2D eigenvalue weighted by molar-refractivity contribution is -0.0464. The summed E-state index contributed by atoms with van der Waals surface area (Å²) < 4.78 is 0. The van der Waals surface area contributed by atoms with E-state index in [2.05, 4.69) is 56.4 Å². The van der Waals surface area contributed by atoms with Crippen molar-refractivity contribution in [1.82, 2.24) is 4.98 Å². The van der Waals surface area contributed by atoms with Gasteiger partial charge in [-0.1, -0.05) is 38.5 Å². The number of aliphatic hydroxyl groups is 1. The maximum atomic E-state index is 10.3. The van der Waals surface area contributed by atoms with Gasteiger partial charge in [-0.2, -0.15) is 0 Å². The largest absolute Gasteiger partial charge is 0.393 e. The van der Waals surface area contributed by atoms with Crippen LogP contribution in [0.15, 0.2) is 36.2 Å². The van der Waals surface area contributed by atoms with E-state index < -0.39 is 0 Å². The van der Waals surface area contributed by atoms with E-state index in [0.29, 0.717) is 16.7 Å². The fourth-order valence-electron chi connectivity index (χ4n) is 7.70. The van der Waals surface area contributed by atoms with E-state index >= 15 is 0 Å². The maximum Gasteiger partial charge on any atom is 0.0577 e. The van der Waals surface area contributed by atoms with Crippen molar-refractivity contribution in [3.63, 3.8) is 0 Å². The third-order valence-electron chi connectivity index (χ3n) is 9.21. The number of aromatic nitrogens is 1. The average molecular weight is 366 g/mol. The molecule has 0 aromatic carbocycles. The Kier molecular flexibility index (Phi) is 4.03. The lowest BCUT2D eigenvalue weighted by Gasteiger charge is -2.60. The fraction of sp³-hybridized carbons (Fsp3) is 0.680. The van der Waals surface area contributed by atoms with Crippen molar-refractivity contribution in [1.29, 1.82) is 0 Å². The minimum atomic E-state index is -0.111. The quantitative estimate of drug-likeness (QED) is 0.623. The Hall–Kier alpha value is -1.28. The molecule has 0 amide bonds. The van der Waals surface area contributed by atoms with Gasteiger partial charge in [0.15, 0.2) is 0 Å². The highest BCUT2D eigenvalue weighted by atomic mass is 16.3. The van der Waals surface area contributed by atoms with Crippen LogP contribution in [-0.4, -0.2) is 16.2 Å². The van der Waals surface area contributed by atoms with Crippen LogP contribution in [0.3, 0.4) is 0 Å². The molecule has 4 aliphatic carbocycles. The van der Waals surface area contributed by atoms with E-state index in [1.807, 2.05) is 0 Å². The summed E-state index contributed by atoms with van der Waals surface area (Å²) in [6.07, 6.45) is 17.6. The van der Waals surface area contributed by atoms with Crippen LogP contribution in [0.1, 0.15) is 71.3 Å². The van der Waals surface area contributed by atoms with Gasteiger partial charge in [0, 0.05) is 12.4 Å². The minimum Gasteiger partial charge on any atom is -0.393 e. The molecule has 0 saturated heterocycles. The molecule has 0 radical (unpaired) electrons. The Labute approximate surface area is 164 Å². The highest BCUT2D eigenvalue weighted by Gasteiger charge is 2.58. The van der Waals surface area contributed by atoms with Gasteiger partial charge in [0.2, 0.25) is 0 Å². The Morgan fingerprint density at radius 1 is 1.15 bits per heavy atom. The summed E-state index contributed by atoms with van der Waals surface area (Å²) >= 11 is 0. The van der Waals surface area contributed by atoms with Crippen molar-refractivity contribution in [2.75, 3.05) is 0 Å². The molecule has 2 saturated carbocycles. The third-order valence-corrected chi connectivity index (χ3v) is 9.21. The van der Waals surface area contributed by atoms with E-state index in [1.54, 1.807) is 11.1 Å². The van der Waals surface area contributed by atoms with E-state index in [-0.39, 0.29) is 6.10 Å². The Morgan fingerprint density at radius 2 is 1.96 bits per heavy atom. The first-order valence-electron chi connectivity index (χ1n) is 11.2. The van der Waals surface area contributed by atoms with Crippen LogP contribution in [-0.2, 0) is 0 Å². The zero-order chi connectivity index (χ0) is 18.8. The molecule has 0 aliphatic heterocycles. The molecule has 2 N–H and O–H groups in total. The number of rotatable bonds is 2. The molecule has 2 heteroatoms. The van der Waals surface area contributed by atoms with Crippen LogP contribution in [0.2, 0.25) is 0 Å². The van der Waals surface area contributed by atoms with Crippen molar-refractivity contribution >= 4 is 5.57 Å². The number of nitrogens with one attached hydrogen (secondary N) is 1. The predicted molar refractivity (Wildman–Crippen MR) is 111 cm³/mol. The van der Waals surface area contributed by atoms with Gasteiger partial charge in [0.05, 0.1) is 6.10 Å². The molecule has 27 heavy (non-hydrogen) atoms. The van der Waals surface area contributed by atoms with Crippen LogP contribution in [0.5, 0.6) is 0 Å². The first-order valence-corrected chi connectivity index (χ1v) is 11.2. The standard InChI is InChI=1S/C25H35NO/c1-4-16-13-18-14-19(27)7-10-24(18,2)22-8-11-25(3)20(17-9-12-26-15-17)5-6-21(25)23(16)22/h5,9,12-13,15-16,19,21-23,26-27H,4,6-8,10-11,14H2,1-3H3/t16-,19-,21-,22-,23-,24-,25+/m0/s1. The Balaban J connectivity index is 1.54. The molecule has 0 spiro atoms. The molecular weight excluding hydrogens is 330 g/mol. The summed E-state index contributed by atoms with van der Waals surface area (Å²) in [6, 6.07) is 2.26. The van der Waals surface area contributed by atoms with Crippen molar-refractivity contribution < 1.29 is 5.11 Å². The third kappa shape index (κ3) is 2.41. The summed E-state index contributed by atoms with van der Waals surface area (Å²) in [4.78, 5) is 3.27. The number of allylic oxidation sites excluding steroid dienone is 3. The molecule has 4 aliphatic rings. The zero-order valence-electron chi connectivity index (χ0n) is 17.2. The van der Waals surface area contributed by atoms with Crippen molar-refractivity contribution in [3.05, 3.63) is 41.7 Å². The number of H-pyrrole nitrogens is 1. The summed E-state index contributed by atoms with van der Waals surface area (Å²) in [5, 5.41) is 10.3. The Morgan fingerprint density at radius 3 is 2.70 bits per heavy atom. The van der Waals surface area contributed by atoms with Gasteiger partial charge in [0.25, 0.3) is 0 Å². The molecule has 5 rings (SSSR count). The van der Waals surface area contributed by atoms with Crippen LogP contribution in [0, 0.1) is 34.5 Å². The summed E-state index contributed by atoms with van der Waals surface area (Å²) in [5.74, 6) is 3.05. The molecule has 146 valence electrons. The van der Waals surface area contributed by atoms with Crippen LogP contribution >= 0.6 is 0 Å². The van der Waals surface area contributed by atoms with Crippen LogP contribution < -0.4 is 0 Å². The highest BCUT2D eigenvalue weighted by molar-refractivity contribution is 5.72. The number of aromatic amines is 1. The smallest absolute Gasteiger partial charge is 0.0577 e. The van der Waals surface area contributed by atoms with Crippen LogP contribution in [0.25, 0.3) is 5.57 Å². The second-order valence-corrected chi connectivity index (χ2v) is 10.3. The van der Waals surface area contributed by atoms with E-state index in [0.717, 1.165) is 30.6 Å². The van der Waals surface area contributed by atoms with Crippen LogP contribution in [0.4, 0.5) is 0 Å². The van der Waals surface area contributed by atoms with Gasteiger partial charge in [-0.3, -0.25) is 0 Å². The highest BCUT2D eigenvalue weighted by Crippen LogP contribution is 2.67. The second kappa shape index (κ2) is 6.11. The SMILES string of the molecule is CC[C@H]1C=C2C[C@@H](O)CC[C@]2(C)[C@H]2CC[C@]3(C)C(c4cc[nH]c4)=CC[C@H]3[C@H]12. The Bertz CT molecular complexity index is 774. The average Bonchev–Trinajstić information content (AvgIpc) is 3.28. The van der Waals surface area contributed by atoms with Crippen molar-refractivity contribution in [2.24, 2.45) is 34.5 Å². The molecule has 1 aromatic heterocycles. The number of aliphatic hydroxyl groups excluding tert-OH is 1. The molecular formula is C25H35NO. The van der Waals surface area contributed by atoms with Gasteiger partial charge in [-0.25, -0.2) is 0 Å². The molecule has 7 atom stereocenters. The summed E-state index contributed by atoms with van der Waals surface area (Å²) in [6.45, 7) is 7.47. The predicted octanol–water partition coefficient (Wildman–Crippen LogP) is 5.97. The first-order chi connectivity index (χ1) is 13.0. The lowest BCUT2D eigenvalue weighted by atomic mass is 9.45. The van der Waals surface area contributed by atoms with Crippen molar-refractivity contribution in [2.45, 2.75) is 71.8 Å². The molecule has 1 heterocycles. The zero-order valence-corrected chi connectivity index (χ0v) is 17.2. The van der Waals surface area contributed by atoms with Gasteiger partial charge in [-0.05, 0) is 96.7 Å². The molecule has 2 nitrogen and oxygen atoms in total. The van der Waals surface area contributed by atoms with E-state index in [4.69, 9.17) is 0 Å². The minimum absolute atomic E-state index is 0.111. The number of hydrogen-bond acceptors (Lipinski definition) is 1. The van der Waals surface area contributed by atoms with E-state index in [1.165, 1.54) is 37.7 Å². The molecule has 0 bridgehead atoms. The second-order valence-electron chi connectivity index (χ2n) is 10.3. The van der Waals surface area contributed by atoms with E-state index in [9.17, 15) is 5.11 Å². The first kappa shape index (κ1) is 17.8. The molecule has 0 unspecified atom stereocenters. The van der Waals surface area contributed by atoms with Gasteiger partial charge < -0.3 is 10.1 Å². The fourth-order valence-corrected chi connectivity index (χ4v) is 7.70. The van der Waals surface area contributed by atoms with Gasteiger partial charge in [-0.15, -0.1) is 0 Å². The van der Waals surface area contributed by atoms with Crippen molar-refractivity contribution in [3.8, 4) is 0 Å². The number of fused-ring (bicyclic) bond motifs is 5. The van der Waals surface area contributed by atoms with Gasteiger partial charge >= 0.3 is 0 Å². The lowest BCUT2D eigenvalue weighted by Crippen LogP contribution is -2.52. The summed E-state index contributed by atoms with van der Waals surface area (Å²) in [7, 11) is 0. The maximum absolute atomic E-state index is 10.3.